The van der Waals surface area contributed by atoms with Gasteiger partial charge in [0.1, 0.15) is 18.5 Å². The van der Waals surface area contributed by atoms with E-state index in [0.717, 1.165) is 10.6 Å². The first-order chi connectivity index (χ1) is 16.8. The number of nitrogens with one attached hydrogen (secondary N) is 1. The Labute approximate surface area is 206 Å². The number of ether oxygens (including phenoxy) is 3. The van der Waals surface area contributed by atoms with E-state index in [4.69, 9.17) is 27.8 Å². The van der Waals surface area contributed by atoms with Crippen LogP contribution in [0.4, 0.5) is 4.39 Å². The van der Waals surface area contributed by atoms with Gasteiger partial charge in [0, 0.05) is 18.2 Å². The molecule has 0 amide bonds. The van der Waals surface area contributed by atoms with Crippen LogP contribution in [0.2, 0.25) is 0 Å². The molecule has 1 aliphatic heterocycles. The van der Waals surface area contributed by atoms with Crippen molar-refractivity contribution in [3.8, 4) is 0 Å². The van der Waals surface area contributed by atoms with Gasteiger partial charge in [-0.25, -0.2) is 22.8 Å². The van der Waals surface area contributed by atoms with Gasteiger partial charge in [-0.05, 0) is 6.42 Å². The van der Waals surface area contributed by atoms with Crippen LogP contribution in [0.15, 0.2) is 21.9 Å². The van der Waals surface area contributed by atoms with Crippen LogP contribution in [0.25, 0.3) is 0 Å². The first-order valence-corrected chi connectivity index (χ1v) is 12.7. The van der Waals surface area contributed by atoms with E-state index in [2.05, 4.69) is 4.98 Å². The van der Waals surface area contributed by atoms with E-state index < -0.39 is 87.5 Å². The Morgan fingerprint density at radius 2 is 1.69 bits per heavy atom. The van der Waals surface area contributed by atoms with Crippen molar-refractivity contribution in [1.29, 1.82) is 0 Å². The fraction of sp³-hybridized carbons (Fsp3) is 0.714. The third-order valence-corrected chi connectivity index (χ3v) is 6.46. The van der Waals surface area contributed by atoms with E-state index in [1.54, 1.807) is 34.6 Å². The summed E-state index contributed by atoms with van der Waals surface area (Å²) in [5.41, 5.74) is -3.00. The number of aromatic amines is 1. The van der Waals surface area contributed by atoms with E-state index in [1.807, 2.05) is 0 Å². The zero-order chi connectivity index (χ0) is 27.1. The number of alkyl halides is 1. The lowest BCUT2D eigenvalue weighted by molar-refractivity contribution is -0.159. The van der Waals surface area contributed by atoms with E-state index in [1.165, 1.54) is 6.20 Å². The molecule has 0 aliphatic carbocycles. The summed E-state index contributed by atoms with van der Waals surface area (Å²) in [6, 6.07) is 1.12. The van der Waals surface area contributed by atoms with Gasteiger partial charge in [0.15, 0.2) is 0 Å². The van der Waals surface area contributed by atoms with Crippen LogP contribution in [0.1, 0.15) is 47.3 Å². The molecule has 0 spiro atoms. The van der Waals surface area contributed by atoms with Crippen molar-refractivity contribution >= 4 is 19.8 Å². The van der Waals surface area contributed by atoms with Crippen LogP contribution in [-0.4, -0.2) is 54.0 Å². The number of hydrogen-bond acceptors (Lipinski definition) is 11. The molecule has 3 atom stereocenters. The van der Waals surface area contributed by atoms with Crippen LogP contribution >= 0.6 is 7.82 Å². The molecule has 2 heterocycles. The molecule has 36 heavy (non-hydrogen) atoms. The van der Waals surface area contributed by atoms with Crippen LogP contribution in [0.5, 0.6) is 0 Å². The fourth-order valence-electron chi connectivity index (χ4n) is 3.22. The lowest BCUT2D eigenvalue weighted by atomic mass is 9.96. The summed E-state index contributed by atoms with van der Waals surface area (Å²) in [5, 5.41) is 0. The number of aromatic nitrogens is 2. The zero-order valence-electron chi connectivity index (χ0n) is 20.8. The Morgan fingerprint density at radius 1 is 1.14 bits per heavy atom. The van der Waals surface area contributed by atoms with Gasteiger partial charge >= 0.3 is 25.5 Å². The molecule has 0 aromatic carbocycles. The van der Waals surface area contributed by atoms with Gasteiger partial charge in [0.25, 0.3) is 5.56 Å². The van der Waals surface area contributed by atoms with E-state index in [-0.39, 0.29) is 6.42 Å². The maximum atomic E-state index is 14.2. The molecule has 13 nitrogen and oxygen atoms in total. The molecule has 204 valence electrons. The number of esters is 2. The molecule has 1 saturated heterocycles. The minimum atomic E-state index is -4.55. The molecule has 1 aliphatic rings. The van der Waals surface area contributed by atoms with Gasteiger partial charge in [-0.1, -0.05) is 34.6 Å². The van der Waals surface area contributed by atoms with Gasteiger partial charge in [-0.2, -0.15) is 0 Å². The zero-order valence-corrected chi connectivity index (χ0v) is 21.7. The summed E-state index contributed by atoms with van der Waals surface area (Å²) in [6.45, 7) is 4.67. The molecular weight excluding hydrogens is 506 g/mol. The standard InChI is InChI=1S/C21H32FN2O11P/c1-13(2)18(26)30-11-33-36(29,34-12-31-19(27)14(3)4)32-10-21(9-22)8-15(5)17(35-21)24-7-6-16(25)23-20(24)28/h6-7,13-15,17H,8-12H2,1-5H3,(H,23,25,28). The Hall–Kier alpha value is -2.38. The lowest BCUT2D eigenvalue weighted by Crippen LogP contribution is -2.38. The summed E-state index contributed by atoms with van der Waals surface area (Å²) < 4.78 is 59.2. The molecule has 1 N–H and O–H groups in total. The summed E-state index contributed by atoms with van der Waals surface area (Å²) >= 11 is 0. The van der Waals surface area contributed by atoms with Gasteiger partial charge in [-0.3, -0.25) is 28.5 Å². The molecule has 2 rings (SSSR count). The van der Waals surface area contributed by atoms with Crippen molar-refractivity contribution in [1.82, 2.24) is 9.55 Å². The average molecular weight is 538 g/mol. The Morgan fingerprint density at radius 3 is 2.17 bits per heavy atom. The van der Waals surface area contributed by atoms with Crippen molar-refractivity contribution in [3.63, 3.8) is 0 Å². The van der Waals surface area contributed by atoms with Crippen molar-refractivity contribution < 1.29 is 46.3 Å². The minimum Gasteiger partial charge on any atom is -0.438 e. The lowest BCUT2D eigenvalue weighted by Gasteiger charge is -2.28. The predicted octanol–water partition coefficient (Wildman–Crippen LogP) is 2.27. The highest BCUT2D eigenvalue weighted by atomic mass is 31.2. The number of nitrogens with zero attached hydrogens (tertiary/aromatic N) is 1. The molecular formula is C21H32FN2O11P. The van der Waals surface area contributed by atoms with Crippen LogP contribution in [0.3, 0.4) is 0 Å². The highest BCUT2D eigenvalue weighted by Crippen LogP contribution is 2.52. The number of phosphoric acid groups is 1. The summed E-state index contributed by atoms with van der Waals surface area (Å²) in [7, 11) is -4.55. The normalized spacial score (nSPS) is 22.2. The van der Waals surface area contributed by atoms with Gasteiger partial charge in [-0.15, -0.1) is 0 Å². The minimum absolute atomic E-state index is 0.0460. The smallest absolute Gasteiger partial charge is 0.438 e. The number of phosphoric ester groups is 1. The maximum absolute atomic E-state index is 14.2. The number of rotatable bonds is 13. The van der Waals surface area contributed by atoms with Crippen molar-refractivity contribution in [2.75, 3.05) is 26.9 Å². The van der Waals surface area contributed by atoms with Crippen LogP contribution in [0, 0.1) is 17.8 Å². The van der Waals surface area contributed by atoms with Crippen molar-refractivity contribution in [2.24, 2.45) is 17.8 Å². The molecule has 15 heteroatoms. The summed E-state index contributed by atoms with van der Waals surface area (Å²) in [6.07, 6.45) is 0.319. The Bertz CT molecular complexity index is 1040. The largest absolute Gasteiger partial charge is 0.480 e. The maximum Gasteiger partial charge on any atom is 0.480 e. The quantitative estimate of drug-likeness (QED) is 0.223. The SMILES string of the molecule is CC(C)C(=O)OCOP(=O)(OCOC(=O)C(C)C)OCC1(CF)CC(C)C(n2ccc(=O)[nH]c2=O)O1. The summed E-state index contributed by atoms with van der Waals surface area (Å²) in [5.74, 6) is -2.67. The number of hydrogen-bond donors (Lipinski definition) is 1. The highest BCUT2D eigenvalue weighted by Gasteiger charge is 2.48. The number of halogens is 1. The molecule has 3 unspecified atom stereocenters. The first kappa shape index (κ1) is 29.8. The molecule has 1 fully saturated rings. The number of carbonyl (C=O) groups excluding carboxylic acids is 2. The third-order valence-electron chi connectivity index (χ3n) is 5.17. The number of carbonyl (C=O) groups is 2. The second-order valence-electron chi connectivity index (χ2n) is 8.97. The van der Waals surface area contributed by atoms with E-state index in [0.29, 0.717) is 0 Å². The van der Waals surface area contributed by atoms with Crippen LogP contribution < -0.4 is 11.2 Å². The topological polar surface area (TPSA) is 161 Å². The van der Waals surface area contributed by atoms with Crippen LogP contribution in [-0.2, 0) is 41.9 Å². The molecule has 0 saturated carbocycles. The first-order valence-electron chi connectivity index (χ1n) is 11.2. The Kier molecular flexibility index (Phi) is 10.6. The fourth-order valence-corrected chi connectivity index (χ4v) is 4.20. The monoisotopic (exact) mass is 538 g/mol. The third kappa shape index (κ3) is 8.07. The average Bonchev–Trinajstić information content (AvgIpc) is 3.14. The second kappa shape index (κ2) is 12.7. The molecule has 1 aromatic heterocycles. The van der Waals surface area contributed by atoms with E-state index in [9.17, 15) is 28.1 Å². The van der Waals surface area contributed by atoms with Crippen molar-refractivity contribution in [2.45, 2.75) is 52.9 Å². The second-order valence-corrected chi connectivity index (χ2v) is 10.6. The molecule has 0 bridgehead atoms. The van der Waals surface area contributed by atoms with E-state index >= 15 is 0 Å². The Balaban J connectivity index is 2.13. The molecule has 0 radical (unpaired) electrons. The van der Waals surface area contributed by atoms with Gasteiger partial charge < -0.3 is 14.2 Å². The van der Waals surface area contributed by atoms with Crippen molar-refractivity contribution in [3.05, 3.63) is 33.1 Å². The highest BCUT2D eigenvalue weighted by molar-refractivity contribution is 7.48. The van der Waals surface area contributed by atoms with Gasteiger partial charge in [0.05, 0.1) is 18.4 Å². The summed E-state index contributed by atoms with van der Waals surface area (Å²) in [4.78, 5) is 48.9. The molecule has 1 aromatic rings. The number of H-pyrrole nitrogens is 1. The predicted molar refractivity (Wildman–Crippen MR) is 121 cm³/mol. The van der Waals surface area contributed by atoms with Gasteiger partial charge in [0.2, 0.25) is 13.6 Å².